The Bertz CT molecular complexity index is 842. The minimum atomic E-state index is -3.74. The Kier molecular flexibility index (Phi) is 6.46. The fourth-order valence-electron chi connectivity index (χ4n) is 2.84. The first-order valence-corrected chi connectivity index (χ1v) is 10.5. The van der Waals surface area contributed by atoms with E-state index >= 15 is 0 Å². The summed E-state index contributed by atoms with van der Waals surface area (Å²) in [6.07, 6.45) is 0. The van der Waals surface area contributed by atoms with E-state index in [0.29, 0.717) is 5.75 Å². The lowest BCUT2D eigenvalue weighted by atomic mass is 9.97. The summed E-state index contributed by atoms with van der Waals surface area (Å²) in [5.74, 6) is 0.486. The van der Waals surface area contributed by atoms with Gasteiger partial charge in [0.05, 0.1) is 13.2 Å². The lowest BCUT2D eigenvalue weighted by Crippen LogP contribution is -2.04. The lowest BCUT2D eigenvalue weighted by molar-refractivity contribution is 0.168. The van der Waals surface area contributed by atoms with Crippen LogP contribution in [0.1, 0.15) is 13.8 Å². The predicted molar refractivity (Wildman–Crippen MR) is 109 cm³/mol. The highest BCUT2D eigenvalue weighted by atomic mass is 31.2. The van der Waals surface area contributed by atoms with Gasteiger partial charge in [0.2, 0.25) is 0 Å². The van der Waals surface area contributed by atoms with Gasteiger partial charge in [0, 0.05) is 11.1 Å². The number of benzene rings is 3. The van der Waals surface area contributed by atoms with Crippen LogP contribution in [-0.4, -0.2) is 13.2 Å². The molecule has 5 heteroatoms. The first-order valence-electron chi connectivity index (χ1n) is 8.99. The summed E-state index contributed by atoms with van der Waals surface area (Å²) in [7, 11) is -3.74. The molecule has 0 unspecified atom stereocenters. The van der Waals surface area contributed by atoms with Gasteiger partial charge in [-0.15, -0.1) is 0 Å². The van der Waals surface area contributed by atoms with Crippen molar-refractivity contribution in [3.8, 4) is 28.0 Å². The van der Waals surface area contributed by atoms with Gasteiger partial charge in [0.25, 0.3) is 0 Å². The standard InChI is InChI=1S/C22H23O4P/c1-3-24-27(23,25-4-2)26-22-20(18-12-7-5-8-13-18)16-11-17-21(22)19-14-9-6-10-15-19/h5-17H,3-4H2,1-2H3. The third-order valence-corrected chi connectivity index (χ3v) is 5.52. The van der Waals surface area contributed by atoms with Crippen molar-refractivity contribution < 1.29 is 18.1 Å². The van der Waals surface area contributed by atoms with Crippen molar-refractivity contribution in [3.05, 3.63) is 78.9 Å². The maximum Gasteiger partial charge on any atom is 0.530 e. The molecule has 0 aliphatic carbocycles. The van der Waals surface area contributed by atoms with Gasteiger partial charge < -0.3 is 4.52 Å². The molecule has 0 aromatic heterocycles. The molecule has 0 aliphatic heterocycles. The van der Waals surface area contributed by atoms with Gasteiger partial charge in [-0.25, -0.2) is 4.57 Å². The van der Waals surface area contributed by atoms with Crippen molar-refractivity contribution in [3.63, 3.8) is 0 Å². The Morgan fingerprint density at radius 1 is 0.667 bits per heavy atom. The molecule has 3 rings (SSSR count). The minimum Gasteiger partial charge on any atom is -0.403 e. The Labute approximate surface area is 160 Å². The Hall–Kier alpha value is -2.39. The van der Waals surface area contributed by atoms with E-state index in [1.54, 1.807) is 13.8 Å². The summed E-state index contributed by atoms with van der Waals surface area (Å²) < 4.78 is 29.8. The van der Waals surface area contributed by atoms with Crippen LogP contribution in [-0.2, 0) is 13.6 Å². The molecule has 0 fully saturated rings. The molecular weight excluding hydrogens is 359 g/mol. The van der Waals surface area contributed by atoms with Crippen LogP contribution >= 0.6 is 7.82 Å². The lowest BCUT2D eigenvalue weighted by Gasteiger charge is -2.21. The highest BCUT2D eigenvalue weighted by molar-refractivity contribution is 7.49. The third kappa shape index (κ3) is 4.67. The van der Waals surface area contributed by atoms with Crippen molar-refractivity contribution in [1.29, 1.82) is 0 Å². The van der Waals surface area contributed by atoms with Crippen molar-refractivity contribution in [2.75, 3.05) is 13.2 Å². The van der Waals surface area contributed by atoms with Crippen LogP contribution in [0, 0.1) is 0 Å². The number of phosphoric acid groups is 1. The molecule has 140 valence electrons. The number of para-hydroxylation sites is 1. The molecule has 27 heavy (non-hydrogen) atoms. The van der Waals surface area contributed by atoms with Crippen LogP contribution in [0.3, 0.4) is 0 Å². The molecule has 0 atom stereocenters. The minimum absolute atomic E-state index is 0.228. The van der Waals surface area contributed by atoms with Crippen molar-refractivity contribution >= 4 is 7.82 Å². The second kappa shape index (κ2) is 9.01. The van der Waals surface area contributed by atoms with Gasteiger partial charge in [0.15, 0.2) is 0 Å². The highest BCUT2D eigenvalue weighted by Crippen LogP contribution is 2.53. The molecule has 4 nitrogen and oxygen atoms in total. The third-order valence-electron chi connectivity index (χ3n) is 3.96. The van der Waals surface area contributed by atoms with Crippen LogP contribution in [0.4, 0.5) is 0 Å². The summed E-state index contributed by atoms with van der Waals surface area (Å²) in [6.45, 7) is 3.98. The number of hydrogen-bond donors (Lipinski definition) is 0. The molecule has 0 heterocycles. The summed E-state index contributed by atoms with van der Waals surface area (Å²) in [6, 6.07) is 25.5. The Balaban J connectivity index is 2.17. The molecular formula is C22H23O4P. The van der Waals surface area contributed by atoms with Crippen LogP contribution in [0.15, 0.2) is 78.9 Å². The summed E-state index contributed by atoms with van der Waals surface area (Å²) in [5, 5.41) is 0. The first-order chi connectivity index (χ1) is 13.2. The van der Waals surface area contributed by atoms with Gasteiger partial charge >= 0.3 is 7.82 Å². The SMILES string of the molecule is CCOP(=O)(OCC)Oc1c(-c2ccccc2)cccc1-c1ccccc1. The average molecular weight is 382 g/mol. The smallest absolute Gasteiger partial charge is 0.403 e. The van der Waals surface area contributed by atoms with Crippen LogP contribution < -0.4 is 4.52 Å². The fourth-order valence-corrected chi connectivity index (χ4v) is 4.08. The van der Waals surface area contributed by atoms with Crippen molar-refractivity contribution in [2.24, 2.45) is 0 Å². The molecule has 0 spiro atoms. The summed E-state index contributed by atoms with van der Waals surface area (Å²) in [5.41, 5.74) is 3.59. The maximum atomic E-state index is 13.1. The summed E-state index contributed by atoms with van der Waals surface area (Å²) >= 11 is 0. The van der Waals surface area contributed by atoms with Gasteiger partial charge in [0.1, 0.15) is 5.75 Å². The van der Waals surface area contributed by atoms with Crippen molar-refractivity contribution in [1.82, 2.24) is 0 Å². The van der Waals surface area contributed by atoms with E-state index in [9.17, 15) is 4.57 Å². The number of phosphoric ester groups is 1. The average Bonchev–Trinajstić information content (AvgIpc) is 2.70. The molecule has 0 aliphatic rings. The molecule has 0 radical (unpaired) electrons. The second-order valence-corrected chi connectivity index (χ2v) is 7.38. The van der Waals surface area contributed by atoms with Gasteiger partial charge in [-0.2, -0.15) is 0 Å². The van der Waals surface area contributed by atoms with Gasteiger partial charge in [-0.05, 0) is 25.0 Å². The first kappa shape index (κ1) is 19.4. The van der Waals surface area contributed by atoms with Crippen LogP contribution in [0.5, 0.6) is 5.75 Å². The van der Waals surface area contributed by atoms with E-state index in [1.807, 2.05) is 78.9 Å². The molecule has 3 aromatic carbocycles. The Morgan fingerprint density at radius 2 is 1.11 bits per heavy atom. The molecule has 0 amide bonds. The topological polar surface area (TPSA) is 44.8 Å². The van der Waals surface area contributed by atoms with Gasteiger partial charge in [-0.3, -0.25) is 9.05 Å². The molecule has 0 saturated heterocycles. The highest BCUT2D eigenvalue weighted by Gasteiger charge is 2.30. The zero-order chi connectivity index (χ0) is 19.1. The van der Waals surface area contributed by atoms with E-state index in [0.717, 1.165) is 22.3 Å². The van der Waals surface area contributed by atoms with Crippen molar-refractivity contribution in [2.45, 2.75) is 13.8 Å². The fraction of sp³-hybridized carbons (Fsp3) is 0.182. The number of hydrogen-bond acceptors (Lipinski definition) is 4. The monoisotopic (exact) mass is 382 g/mol. The van der Waals surface area contributed by atoms with E-state index in [2.05, 4.69) is 0 Å². The largest absolute Gasteiger partial charge is 0.530 e. The molecule has 0 bridgehead atoms. The van der Waals surface area contributed by atoms with E-state index < -0.39 is 7.82 Å². The molecule has 0 saturated carbocycles. The number of rotatable bonds is 8. The van der Waals surface area contributed by atoms with Crippen LogP contribution in [0.2, 0.25) is 0 Å². The summed E-state index contributed by atoms with van der Waals surface area (Å²) in [4.78, 5) is 0. The molecule has 0 N–H and O–H groups in total. The Morgan fingerprint density at radius 3 is 1.52 bits per heavy atom. The molecule has 3 aromatic rings. The quantitative estimate of drug-likeness (QED) is 0.413. The predicted octanol–water partition coefficient (Wildman–Crippen LogP) is 6.58. The second-order valence-electron chi connectivity index (χ2n) is 5.79. The zero-order valence-electron chi connectivity index (χ0n) is 15.5. The zero-order valence-corrected chi connectivity index (χ0v) is 16.4. The maximum absolute atomic E-state index is 13.1. The van der Waals surface area contributed by atoms with Crippen LogP contribution in [0.25, 0.3) is 22.3 Å². The van der Waals surface area contributed by atoms with E-state index in [4.69, 9.17) is 13.6 Å². The van der Waals surface area contributed by atoms with Gasteiger partial charge in [-0.1, -0.05) is 78.9 Å². The van der Waals surface area contributed by atoms with E-state index in [-0.39, 0.29) is 13.2 Å². The normalized spacial score (nSPS) is 11.3. The van der Waals surface area contributed by atoms with E-state index in [1.165, 1.54) is 0 Å².